The first kappa shape index (κ1) is 13.3. The smallest absolute Gasteiger partial charge is 0.293 e. The molecular formula is C13H7IN2O3S. The van der Waals surface area contributed by atoms with Crippen molar-refractivity contribution in [2.75, 3.05) is 0 Å². The van der Waals surface area contributed by atoms with Gasteiger partial charge in [-0.05, 0) is 28.7 Å². The Labute approximate surface area is 130 Å². The number of rotatable bonds is 3. The van der Waals surface area contributed by atoms with E-state index in [0.717, 1.165) is 2.88 Å². The molecule has 0 amide bonds. The van der Waals surface area contributed by atoms with Crippen molar-refractivity contribution in [3.63, 3.8) is 0 Å². The quantitative estimate of drug-likeness (QED) is 0.314. The maximum Gasteiger partial charge on any atom is 0.293 e. The molecule has 0 spiro atoms. The number of hydrogen-bond donors (Lipinski definition) is 1. The number of carbonyl (C=O) groups excluding carboxylic acids is 1. The van der Waals surface area contributed by atoms with Crippen LogP contribution in [0.1, 0.15) is 15.9 Å². The molecule has 7 heteroatoms. The predicted molar refractivity (Wildman–Crippen MR) is 85.4 cm³/mol. The van der Waals surface area contributed by atoms with Gasteiger partial charge in [0, 0.05) is 34.2 Å². The van der Waals surface area contributed by atoms with Gasteiger partial charge in [0.1, 0.15) is 5.52 Å². The van der Waals surface area contributed by atoms with Crippen LogP contribution in [0.25, 0.3) is 10.9 Å². The lowest BCUT2D eigenvalue weighted by Gasteiger charge is -1.97. The Morgan fingerprint density at radius 2 is 2.20 bits per heavy atom. The highest BCUT2D eigenvalue weighted by molar-refractivity contribution is 14.1. The number of nitrogens with one attached hydrogen (secondary N) is 1. The molecule has 0 aliphatic rings. The molecule has 20 heavy (non-hydrogen) atoms. The van der Waals surface area contributed by atoms with Gasteiger partial charge in [-0.1, -0.05) is 12.1 Å². The third kappa shape index (κ3) is 2.12. The molecule has 0 unspecified atom stereocenters. The Hall–Kier alpha value is -1.74. The zero-order valence-corrected chi connectivity index (χ0v) is 12.9. The summed E-state index contributed by atoms with van der Waals surface area (Å²) in [5.41, 5.74) is 1.41. The van der Waals surface area contributed by atoms with E-state index in [-0.39, 0.29) is 11.5 Å². The molecule has 2 heterocycles. The monoisotopic (exact) mass is 398 g/mol. The first-order valence-corrected chi connectivity index (χ1v) is 7.57. The molecule has 3 aromatic rings. The lowest BCUT2D eigenvalue weighted by Crippen LogP contribution is -1.98. The normalized spacial score (nSPS) is 10.8. The number of carbonyl (C=O) groups is 1. The Morgan fingerprint density at radius 3 is 2.85 bits per heavy atom. The summed E-state index contributed by atoms with van der Waals surface area (Å²) in [4.78, 5) is 25.8. The fraction of sp³-hybridized carbons (Fsp3) is 0. The molecule has 1 aromatic carbocycles. The van der Waals surface area contributed by atoms with Gasteiger partial charge in [-0.15, -0.1) is 11.3 Å². The summed E-state index contributed by atoms with van der Waals surface area (Å²) in [5.74, 6) is -0.129. The van der Waals surface area contributed by atoms with Crippen LogP contribution >= 0.6 is 33.9 Å². The van der Waals surface area contributed by atoms with Gasteiger partial charge >= 0.3 is 0 Å². The molecule has 0 fully saturated rings. The summed E-state index contributed by atoms with van der Waals surface area (Å²) >= 11 is 3.64. The minimum Gasteiger partial charge on any atom is -0.355 e. The zero-order chi connectivity index (χ0) is 14.3. The van der Waals surface area contributed by atoms with Crippen molar-refractivity contribution in [1.82, 2.24) is 4.98 Å². The van der Waals surface area contributed by atoms with Crippen LogP contribution < -0.4 is 0 Å². The van der Waals surface area contributed by atoms with E-state index in [9.17, 15) is 14.9 Å². The van der Waals surface area contributed by atoms with E-state index in [1.54, 1.807) is 17.5 Å². The molecule has 0 atom stereocenters. The van der Waals surface area contributed by atoms with Gasteiger partial charge in [0.25, 0.3) is 5.69 Å². The van der Waals surface area contributed by atoms with Crippen molar-refractivity contribution in [3.8, 4) is 0 Å². The van der Waals surface area contributed by atoms with E-state index < -0.39 is 4.92 Å². The van der Waals surface area contributed by atoms with Gasteiger partial charge < -0.3 is 4.98 Å². The number of aromatic amines is 1. The number of halogens is 1. The minimum atomic E-state index is -0.458. The second-order valence-electron chi connectivity index (χ2n) is 4.13. The molecular weight excluding hydrogens is 391 g/mol. The van der Waals surface area contributed by atoms with Crippen molar-refractivity contribution in [1.29, 1.82) is 0 Å². The van der Waals surface area contributed by atoms with Gasteiger partial charge in [0.2, 0.25) is 0 Å². The fourth-order valence-electron chi connectivity index (χ4n) is 2.06. The number of aromatic nitrogens is 1. The number of fused-ring (bicyclic) bond motifs is 1. The molecule has 0 saturated carbocycles. The SMILES string of the molecule is O=C(c1csc(I)c1)c1c[nH]c2c([N+](=O)[O-])cccc12. The van der Waals surface area contributed by atoms with Crippen LogP contribution in [0.15, 0.2) is 35.8 Å². The van der Waals surface area contributed by atoms with Gasteiger partial charge in [-0.25, -0.2) is 0 Å². The minimum absolute atomic E-state index is 0.0264. The average molecular weight is 398 g/mol. The second kappa shape index (κ2) is 4.98. The van der Waals surface area contributed by atoms with Crippen LogP contribution in [0.3, 0.4) is 0 Å². The molecule has 100 valence electrons. The second-order valence-corrected chi connectivity index (χ2v) is 6.93. The maximum atomic E-state index is 12.4. The maximum absolute atomic E-state index is 12.4. The average Bonchev–Trinajstić information content (AvgIpc) is 3.03. The number of nitro benzene ring substituents is 1. The Kier molecular flexibility index (Phi) is 3.30. The van der Waals surface area contributed by atoms with Crippen LogP contribution in [0.4, 0.5) is 5.69 Å². The number of nitrogens with zero attached hydrogens (tertiary/aromatic N) is 1. The van der Waals surface area contributed by atoms with E-state index in [1.165, 1.54) is 23.6 Å². The summed E-state index contributed by atoms with van der Waals surface area (Å²) in [6, 6.07) is 6.52. The van der Waals surface area contributed by atoms with Crippen molar-refractivity contribution in [2.24, 2.45) is 0 Å². The molecule has 3 rings (SSSR count). The van der Waals surface area contributed by atoms with Crippen molar-refractivity contribution >= 4 is 56.3 Å². The highest BCUT2D eigenvalue weighted by Gasteiger charge is 2.20. The summed E-state index contributed by atoms with van der Waals surface area (Å²) in [6.07, 6.45) is 1.53. The van der Waals surface area contributed by atoms with Crippen molar-refractivity contribution in [2.45, 2.75) is 0 Å². The number of thiophene rings is 1. The molecule has 0 bridgehead atoms. The van der Waals surface area contributed by atoms with Crippen LogP contribution in [0.2, 0.25) is 0 Å². The molecule has 2 aromatic heterocycles. The van der Waals surface area contributed by atoms with Gasteiger partial charge in [0.05, 0.1) is 7.81 Å². The Morgan fingerprint density at radius 1 is 1.40 bits per heavy atom. The summed E-state index contributed by atoms with van der Waals surface area (Å²) in [7, 11) is 0. The third-order valence-corrected chi connectivity index (χ3v) is 4.75. The lowest BCUT2D eigenvalue weighted by atomic mass is 10.0. The third-order valence-electron chi connectivity index (χ3n) is 2.96. The van der Waals surface area contributed by atoms with Crippen LogP contribution in [-0.4, -0.2) is 15.7 Å². The van der Waals surface area contributed by atoms with E-state index in [1.807, 2.05) is 6.07 Å². The van der Waals surface area contributed by atoms with Crippen LogP contribution in [-0.2, 0) is 0 Å². The molecule has 0 saturated heterocycles. The Bertz CT molecular complexity index is 837. The van der Waals surface area contributed by atoms with E-state index in [0.29, 0.717) is 22.0 Å². The highest BCUT2D eigenvalue weighted by Crippen LogP contribution is 2.29. The van der Waals surface area contributed by atoms with Gasteiger partial charge in [-0.2, -0.15) is 0 Å². The number of ketones is 1. The molecule has 5 nitrogen and oxygen atoms in total. The van der Waals surface area contributed by atoms with E-state index >= 15 is 0 Å². The van der Waals surface area contributed by atoms with Crippen LogP contribution in [0, 0.1) is 13.0 Å². The molecule has 0 aliphatic carbocycles. The predicted octanol–water partition coefficient (Wildman–Crippen LogP) is 3.97. The first-order valence-electron chi connectivity index (χ1n) is 5.61. The highest BCUT2D eigenvalue weighted by atomic mass is 127. The molecule has 0 aliphatic heterocycles. The Balaban J connectivity index is 2.16. The summed E-state index contributed by atoms with van der Waals surface area (Å²) in [5, 5.41) is 13.3. The zero-order valence-electron chi connectivity index (χ0n) is 9.92. The summed E-state index contributed by atoms with van der Waals surface area (Å²) in [6.45, 7) is 0. The molecule has 0 radical (unpaired) electrons. The lowest BCUT2D eigenvalue weighted by molar-refractivity contribution is -0.383. The van der Waals surface area contributed by atoms with Crippen LogP contribution in [0.5, 0.6) is 0 Å². The van der Waals surface area contributed by atoms with E-state index in [2.05, 4.69) is 27.6 Å². The fourth-order valence-corrected chi connectivity index (χ4v) is 3.39. The standard InChI is InChI=1S/C13H7IN2O3S/c14-11-4-7(6-20-11)13(17)9-5-15-12-8(9)2-1-3-10(12)16(18)19/h1-6,15H. The number of nitro groups is 1. The molecule has 1 N–H and O–H groups in total. The first-order chi connectivity index (χ1) is 9.58. The number of para-hydroxylation sites is 1. The largest absolute Gasteiger partial charge is 0.355 e. The van der Waals surface area contributed by atoms with E-state index in [4.69, 9.17) is 0 Å². The number of benzene rings is 1. The van der Waals surface area contributed by atoms with Crippen molar-refractivity contribution in [3.05, 3.63) is 60.0 Å². The summed E-state index contributed by atoms with van der Waals surface area (Å²) < 4.78 is 1.02. The van der Waals surface area contributed by atoms with Gasteiger partial charge in [0.15, 0.2) is 5.78 Å². The number of non-ortho nitro benzene ring substituents is 1. The topological polar surface area (TPSA) is 76.0 Å². The number of H-pyrrole nitrogens is 1. The van der Waals surface area contributed by atoms with Crippen molar-refractivity contribution < 1.29 is 9.72 Å². The van der Waals surface area contributed by atoms with Gasteiger partial charge in [-0.3, -0.25) is 14.9 Å². The number of hydrogen-bond acceptors (Lipinski definition) is 4.